The van der Waals surface area contributed by atoms with E-state index < -0.39 is 0 Å². The highest BCUT2D eigenvalue weighted by Gasteiger charge is 2.27. The van der Waals surface area contributed by atoms with E-state index in [9.17, 15) is 0 Å². The molecule has 0 saturated carbocycles. The fourth-order valence-corrected chi connectivity index (χ4v) is 2.98. The number of hydrogen-bond donors (Lipinski definition) is 0. The number of aryl methyl sites for hydroxylation is 1. The molecule has 0 aliphatic carbocycles. The predicted molar refractivity (Wildman–Crippen MR) is 61.0 cm³/mol. The minimum Gasteiger partial charge on any atom is -0.293 e. The van der Waals surface area contributed by atoms with E-state index in [1.165, 1.54) is 5.69 Å². The molecule has 2 heterocycles. The fourth-order valence-electron chi connectivity index (χ4n) is 1.94. The lowest BCUT2D eigenvalue weighted by Crippen LogP contribution is -2.26. The largest absolute Gasteiger partial charge is 0.293 e. The minimum atomic E-state index is 0.324. The molecule has 0 aromatic carbocycles. The van der Waals surface area contributed by atoms with Gasteiger partial charge in [0.05, 0.1) is 10.7 Å². The molecule has 2 atom stereocenters. The highest BCUT2D eigenvalue weighted by atomic mass is 35.5. The Bertz CT molecular complexity index is 313. The molecule has 1 saturated heterocycles. The van der Waals surface area contributed by atoms with Crippen LogP contribution in [0.3, 0.4) is 0 Å². The second kappa shape index (κ2) is 4.17. The molecular formula is C10H15ClN2S. The van der Waals surface area contributed by atoms with Crippen LogP contribution in [0.2, 0.25) is 0 Å². The molecular weight excluding hydrogens is 216 g/mol. The third kappa shape index (κ3) is 2.27. The first kappa shape index (κ1) is 10.4. The number of halogens is 1. The van der Waals surface area contributed by atoms with Crippen molar-refractivity contribution in [3.05, 3.63) is 16.1 Å². The van der Waals surface area contributed by atoms with Crippen LogP contribution in [0, 0.1) is 6.92 Å². The van der Waals surface area contributed by atoms with Gasteiger partial charge in [-0.2, -0.15) is 0 Å². The number of rotatable bonds is 2. The molecule has 0 spiro atoms. The summed E-state index contributed by atoms with van der Waals surface area (Å²) in [5.41, 5.74) is 1.19. The van der Waals surface area contributed by atoms with Gasteiger partial charge in [0.2, 0.25) is 0 Å². The summed E-state index contributed by atoms with van der Waals surface area (Å²) in [4.78, 5) is 6.88. The molecule has 0 bridgehead atoms. The third-order valence-corrected chi connectivity index (χ3v) is 3.82. The number of alkyl halides is 1. The number of nitrogens with zero attached hydrogens (tertiary/aromatic N) is 2. The van der Waals surface area contributed by atoms with Crippen LogP contribution < -0.4 is 0 Å². The average Bonchev–Trinajstić information content (AvgIpc) is 2.61. The average molecular weight is 231 g/mol. The summed E-state index contributed by atoms with van der Waals surface area (Å²) < 4.78 is 0. The first-order chi connectivity index (χ1) is 6.65. The molecule has 1 aromatic rings. The summed E-state index contributed by atoms with van der Waals surface area (Å²) in [5, 5.41) is 3.61. The standard InChI is InChI=1S/C10H15ClN2S/c1-7-3-9(11)4-13(7)5-10-6-14-8(2)12-10/h6-7,9H,3-5H2,1-2H3. The van der Waals surface area contributed by atoms with Crippen molar-refractivity contribution in [3.63, 3.8) is 0 Å². The fraction of sp³-hybridized carbons (Fsp3) is 0.700. The van der Waals surface area contributed by atoms with Gasteiger partial charge in [0.25, 0.3) is 0 Å². The molecule has 14 heavy (non-hydrogen) atoms. The minimum absolute atomic E-state index is 0.324. The van der Waals surface area contributed by atoms with Gasteiger partial charge < -0.3 is 0 Å². The monoisotopic (exact) mass is 230 g/mol. The van der Waals surface area contributed by atoms with E-state index >= 15 is 0 Å². The molecule has 2 rings (SSSR count). The van der Waals surface area contributed by atoms with Crippen LogP contribution in [0.4, 0.5) is 0 Å². The van der Waals surface area contributed by atoms with Crippen LogP contribution in [0.1, 0.15) is 24.0 Å². The zero-order valence-electron chi connectivity index (χ0n) is 8.53. The van der Waals surface area contributed by atoms with Crippen molar-refractivity contribution < 1.29 is 0 Å². The molecule has 2 unspecified atom stereocenters. The van der Waals surface area contributed by atoms with Gasteiger partial charge in [0, 0.05) is 29.9 Å². The Hall–Kier alpha value is -0.120. The zero-order valence-corrected chi connectivity index (χ0v) is 10.1. The Kier molecular flexibility index (Phi) is 3.10. The summed E-state index contributed by atoms with van der Waals surface area (Å²) >= 11 is 7.83. The van der Waals surface area contributed by atoms with Crippen LogP contribution >= 0.6 is 22.9 Å². The molecule has 1 aliphatic rings. The van der Waals surface area contributed by atoms with E-state index in [-0.39, 0.29) is 0 Å². The van der Waals surface area contributed by atoms with Gasteiger partial charge in [-0.1, -0.05) is 0 Å². The lowest BCUT2D eigenvalue weighted by molar-refractivity contribution is 0.258. The van der Waals surface area contributed by atoms with Crippen molar-refractivity contribution in [3.8, 4) is 0 Å². The van der Waals surface area contributed by atoms with Crippen LogP contribution in [0.15, 0.2) is 5.38 Å². The summed E-state index contributed by atoms with van der Waals surface area (Å²) in [5.74, 6) is 0. The SMILES string of the molecule is Cc1nc(CN2CC(Cl)CC2C)cs1. The van der Waals surface area contributed by atoms with E-state index in [2.05, 4.69) is 22.2 Å². The number of aromatic nitrogens is 1. The maximum absolute atomic E-state index is 6.11. The summed E-state index contributed by atoms with van der Waals surface area (Å²) in [7, 11) is 0. The van der Waals surface area contributed by atoms with Crippen molar-refractivity contribution in [2.75, 3.05) is 6.54 Å². The van der Waals surface area contributed by atoms with Gasteiger partial charge in [0.1, 0.15) is 0 Å². The van der Waals surface area contributed by atoms with Gasteiger partial charge in [0.15, 0.2) is 0 Å². The van der Waals surface area contributed by atoms with Gasteiger partial charge in [-0.05, 0) is 20.3 Å². The molecule has 0 radical (unpaired) electrons. The second-order valence-electron chi connectivity index (χ2n) is 3.97. The normalized spacial score (nSPS) is 28.5. The van der Waals surface area contributed by atoms with Crippen LogP contribution in [0.5, 0.6) is 0 Å². The third-order valence-electron chi connectivity index (χ3n) is 2.68. The maximum atomic E-state index is 6.11. The lowest BCUT2D eigenvalue weighted by Gasteiger charge is -2.19. The van der Waals surface area contributed by atoms with Crippen molar-refractivity contribution in [1.29, 1.82) is 0 Å². The Morgan fingerprint density at radius 3 is 3.00 bits per heavy atom. The molecule has 2 nitrogen and oxygen atoms in total. The molecule has 4 heteroatoms. The van der Waals surface area contributed by atoms with Crippen molar-refractivity contribution in [2.24, 2.45) is 0 Å². The number of likely N-dealkylation sites (tertiary alicyclic amines) is 1. The van der Waals surface area contributed by atoms with Gasteiger partial charge in [-0.25, -0.2) is 4.98 Å². The molecule has 0 N–H and O–H groups in total. The van der Waals surface area contributed by atoms with E-state index in [1.807, 2.05) is 6.92 Å². The quantitative estimate of drug-likeness (QED) is 0.727. The first-order valence-corrected chi connectivity index (χ1v) is 6.26. The van der Waals surface area contributed by atoms with Gasteiger partial charge in [-0.15, -0.1) is 22.9 Å². The van der Waals surface area contributed by atoms with Crippen molar-refractivity contribution >= 4 is 22.9 Å². The zero-order chi connectivity index (χ0) is 10.1. The smallest absolute Gasteiger partial charge is 0.0897 e. The van der Waals surface area contributed by atoms with E-state index in [0.29, 0.717) is 11.4 Å². The van der Waals surface area contributed by atoms with Crippen LogP contribution in [-0.4, -0.2) is 27.8 Å². The highest BCUT2D eigenvalue weighted by Crippen LogP contribution is 2.23. The summed E-state index contributed by atoms with van der Waals surface area (Å²) in [6.07, 6.45) is 1.10. The maximum Gasteiger partial charge on any atom is 0.0897 e. The Labute approximate surface area is 93.9 Å². The van der Waals surface area contributed by atoms with Crippen molar-refractivity contribution in [2.45, 2.75) is 38.2 Å². The predicted octanol–water partition coefficient (Wildman–Crippen LogP) is 2.65. The summed E-state index contributed by atoms with van der Waals surface area (Å²) in [6.45, 7) is 6.24. The second-order valence-corrected chi connectivity index (χ2v) is 5.65. The number of thiazole rings is 1. The summed E-state index contributed by atoms with van der Waals surface area (Å²) in [6, 6.07) is 0.597. The molecule has 1 fully saturated rings. The number of hydrogen-bond acceptors (Lipinski definition) is 3. The first-order valence-electron chi connectivity index (χ1n) is 4.94. The highest BCUT2D eigenvalue weighted by molar-refractivity contribution is 7.09. The Morgan fingerprint density at radius 1 is 1.71 bits per heavy atom. The molecule has 1 aliphatic heterocycles. The Balaban J connectivity index is 1.98. The molecule has 0 amide bonds. The van der Waals surface area contributed by atoms with Crippen molar-refractivity contribution in [1.82, 2.24) is 9.88 Å². The van der Waals surface area contributed by atoms with E-state index in [4.69, 9.17) is 11.6 Å². The van der Waals surface area contributed by atoms with Crippen LogP contribution in [0.25, 0.3) is 0 Å². The lowest BCUT2D eigenvalue weighted by atomic mass is 10.2. The van der Waals surface area contributed by atoms with E-state index in [1.54, 1.807) is 11.3 Å². The Morgan fingerprint density at radius 2 is 2.50 bits per heavy atom. The van der Waals surface area contributed by atoms with Gasteiger partial charge in [-0.3, -0.25) is 4.90 Å². The molecule has 78 valence electrons. The van der Waals surface area contributed by atoms with E-state index in [0.717, 1.165) is 24.5 Å². The van der Waals surface area contributed by atoms with Crippen LogP contribution in [-0.2, 0) is 6.54 Å². The topological polar surface area (TPSA) is 16.1 Å². The van der Waals surface area contributed by atoms with Gasteiger partial charge >= 0.3 is 0 Å². The molecule has 1 aromatic heterocycles.